The molecule has 0 aliphatic carbocycles. The van der Waals surface area contributed by atoms with Crippen molar-refractivity contribution in [2.75, 3.05) is 19.8 Å². The quantitative estimate of drug-likeness (QED) is 0.212. The molecule has 2 aromatic carbocycles. The summed E-state index contributed by atoms with van der Waals surface area (Å²) in [5.74, 6) is 0.828. The molecule has 0 spiro atoms. The van der Waals surface area contributed by atoms with Crippen LogP contribution in [-0.2, 0) is 13.0 Å². The number of thioether (sulfide) groups is 1. The molecule has 0 aliphatic heterocycles. The van der Waals surface area contributed by atoms with Crippen molar-refractivity contribution in [3.63, 3.8) is 0 Å². The number of aliphatic imine (C=N–C) groups is 1. The maximum atomic E-state index is 4.30. The van der Waals surface area contributed by atoms with Gasteiger partial charge < -0.3 is 15.6 Å². The standard InChI is InChI=1S/C20H24N4S.HI/c1-21-20(24-13-15-7-9-17(25-2)10-8-15)22-12-11-16-14-23-19-6-4-3-5-18(16)19;/h3-10,14,23H,11-13H2,1-2H3,(H2,21,22,24);1H. The minimum absolute atomic E-state index is 0. The fraction of sp³-hybridized carbons (Fsp3) is 0.250. The van der Waals surface area contributed by atoms with E-state index in [2.05, 4.69) is 81.6 Å². The third kappa shape index (κ3) is 5.41. The Hall–Kier alpha value is -1.67. The molecule has 0 radical (unpaired) electrons. The van der Waals surface area contributed by atoms with E-state index in [0.29, 0.717) is 0 Å². The van der Waals surface area contributed by atoms with E-state index in [1.807, 2.05) is 0 Å². The molecule has 4 nitrogen and oxygen atoms in total. The molecule has 1 heterocycles. The second-order valence-corrected chi connectivity index (χ2v) is 6.69. The first-order chi connectivity index (χ1) is 12.3. The number of para-hydroxylation sites is 1. The number of H-pyrrole nitrogens is 1. The van der Waals surface area contributed by atoms with Crippen LogP contribution in [0.4, 0.5) is 0 Å². The zero-order chi connectivity index (χ0) is 17.5. The molecule has 0 saturated heterocycles. The molecule has 26 heavy (non-hydrogen) atoms. The van der Waals surface area contributed by atoms with E-state index in [1.54, 1.807) is 18.8 Å². The molecule has 0 saturated carbocycles. The summed E-state index contributed by atoms with van der Waals surface area (Å²) in [6.45, 7) is 1.61. The number of hydrogen-bond donors (Lipinski definition) is 3. The molecule has 0 unspecified atom stereocenters. The molecule has 0 fully saturated rings. The average Bonchev–Trinajstić information content (AvgIpc) is 3.08. The SMILES string of the molecule is CN=C(NCCc1c[nH]c2ccccc12)NCc1ccc(SC)cc1.I. The third-order valence-corrected chi connectivity index (χ3v) is 4.95. The smallest absolute Gasteiger partial charge is 0.191 e. The van der Waals surface area contributed by atoms with Crippen molar-refractivity contribution >= 4 is 52.6 Å². The highest BCUT2D eigenvalue weighted by atomic mass is 127. The van der Waals surface area contributed by atoms with Crippen LogP contribution in [0.5, 0.6) is 0 Å². The molecule has 0 atom stereocenters. The topological polar surface area (TPSA) is 52.2 Å². The Balaban J connectivity index is 0.00000243. The van der Waals surface area contributed by atoms with Crippen molar-refractivity contribution in [3.05, 3.63) is 65.9 Å². The van der Waals surface area contributed by atoms with Crippen LogP contribution >= 0.6 is 35.7 Å². The molecule has 0 aliphatic rings. The van der Waals surface area contributed by atoms with Crippen molar-refractivity contribution in [1.29, 1.82) is 0 Å². The number of fused-ring (bicyclic) bond motifs is 1. The van der Waals surface area contributed by atoms with Crippen LogP contribution in [-0.4, -0.2) is 30.8 Å². The summed E-state index contributed by atoms with van der Waals surface area (Å²) < 4.78 is 0. The van der Waals surface area contributed by atoms with Crippen LogP contribution in [0, 0.1) is 0 Å². The van der Waals surface area contributed by atoms with Crippen LogP contribution in [0.1, 0.15) is 11.1 Å². The molecule has 3 rings (SSSR count). The average molecular weight is 480 g/mol. The number of rotatable bonds is 6. The maximum Gasteiger partial charge on any atom is 0.191 e. The van der Waals surface area contributed by atoms with Gasteiger partial charge in [0, 0.05) is 42.1 Å². The summed E-state index contributed by atoms with van der Waals surface area (Å²) in [4.78, 5) is 8.90. The van der Waals surface area contributed by atoms with Gasteiger partial charge in [-0.2, -0.15) is 0 Å². The normalized spacial score (nSPS) is 11.2. The van der Waals surface area contributed by atoms with Gasteiger partial charge in [-0.25, -0.2) is 0 Å². The van der Waals surface area contributed by atoms with Crippen LogP contribution < -0.4 is 10.6 Å². The summed E-state index contributed by atoms with van der Waals surface area (Å²) in [7, 11) is 1.80. The van der Waals surface area contributed by atoms with Gasteiger partial charge in [0.25, 0.3) is 0 Å². The Labute approximate surface area is 176 Å². The number of aromatic nitrogens is 1. The van der Waals surface area contributed by atoms with Gasteiger partial charge in [-0.15, -0.1) is 35.7 Å². The lowest BCUT2D eigenvalue weighted by Gasteiger charge is -2.12. The van der Waals surface area contributed by atoms with Gasteiger partial charge in [0.2, 0.25) is 0 Å². The van der Waals surface area contributed by atoms with Crippen LogP contribution in [0.15, 0.2) is 64.6 Å². The van der Waals surface area contributed by atoms with Gasteiger partial charge in [-0.05, 0) is 42.0 Å². The largest absolute Gasteiger partial charge is 0.361 e. The van der Waals surface area contributed by atoms with E-state index in [9.17, 15) is 0 Å². The monoisotopic (exact) mass is 480 g/mol. The van der Waals surface area contributed by atoms with E-state index >= 15 is 0 Å². The van der Waals surface area contributed by atoms with E-state index in [0.717, 1.165) is 25.5 Å². The molecule has 1 aromatic heterocycles. The highest BCUT2D eigenvalue weighted by Gasteiger charge is 2.03. The molecule has 0 amide bonds. The third-order valence-electron chi connectivity index (χ3n) is 4.20. The Bertz CT molecular complexity index is 842. The van der Waals surface area contributed by atoms with Crippen molar-refractivity contribution in [2.45, 2.75) is 17.9 Å². The van der Waals surface area contributed by atoms with Gasteiger partial charge in [0.15, 0.2) is 5.96 Å². The number of guanidine groups is 1. The van der Waals surface area contributed by atoms with E-state index in [-0.39, 0.29) is 24.0 Å². The molecule has 0 bridgehead atoms. The zero-order valence-corrected chi connectivity index (χ0v) is 18.2. The fourth-order valence-electron chi connectivity index (χ4n) is 2.80. The van der Waals surface area contributed by atoms with Gasteiger partial charge >= 0.3 is 0 Å². The van der Waals surface area contributed by atoms with Crippen molar-refractivity contribution in [2.24, 2.45) is 4.99 Å². The molecule has 3 N–H and O–H groups in total. The summed E-state index contributed by atoms with van der Waals surface area (Å²) in [5, 5.41) is 8.04. The van der Waals surface area contributed by atoms with E-state index < -0.39 is 0 Å². The number of nitrogens with zero attached hydrogens (tertiary/aromatic N) is 1. The first-order valence-corrected chi connectivity index (χ1v) is 9.65. The van der Waals surface area contributed by atoms with Crippen molar-refractivity contribution in [1.82, 2.24) is 15.6 Å². The lowest BCUT2D eigenvalue weighted by atomic mass is 10.1. The highest BCUT2D eigenvalue weighted by molar-refractivity contribution is 14.0. The predicted octanol–water partition coefficient (Wildman–Crippen LogP) is 4.42. The number of aromatic amines is 1. The van der Waals surface area contributed by atoms with Crippen molar-refractivity contribution < 1.29 is 0 Å². The lowest BCUT2D eigenvalue weighted by Crippen LogP contribution is -2.37. The predicted molar refractivity (Wildman–Crippen MR) is 124 cm³/mol. The fourth-order valence-corrected chi connectivity index (χ4v) is 3.21. The van der Waals surface area contributed by atoms with E-state index in [4.69, 9.17) is 0 Å². The van der Waals surface area contributed by atoms with Crippen molar-refractivity contribution in [3.8, 4) is 0 Å². The zero-order valence-electron chi connectivity index (χ0n) is 15.1. The summed E-state index contributed by atoms with van der Waals surface area (Å²) in [5.41, 5.74) is 3.76. The molecule has 3 aromatic rings. The Morgan fingerprint density at radius 2 is 1.85 bits per heavy atom. The summed E-state index contributed by atoms with van der Waals surface area (Å²) in [6, 6.07) is 17.0. The summed E-state index contributed by atoms with van der Waals surface area (Å²) in [6.07, 6.45) is 5.13. The molecule has 6 heteroatoms. The van der Waals surface area contributed by atoms with Gasteiger partial charge in [0.05, 0.1) is 0 Å². The Morgan fingerprint density at radius 3 is 2.58 bits per heavy atom. The molecule has 138 valence electrons. The van der Waals surface area contributed by atoms with Gasteiger partial charge in [0.1, 0.15) is 0 Å². The molecular weight excluding hydrogens is 455 g/mol. The first kappa shape index (κ1) is 20.6. The van der Waals surface area contributed by atoms with Crippen LogP contribution in [0.3, 0.4) is 0 Å². The van der Waals surface area contributed by atoms with Gasteiger partial charge in [-0.3, -0.25) is 4.99 Å². The maximum absolute atomic E-state index is 4.30. The number of benzene rings is 2. The number of nitrogens with one attached hydrogen (secondary N) is 3. The highest BCUT2D eigenvalue weighted by Crippen LogP contribution is 2.17. The second-order valence-electron chi connectivity index (χ2n) is 5.81. The lowest BCUT2D eigenvalue weighted by molar-refractivity contribution is 0.796. The number of hydrogen-bond acceptors (Lipinski definition) is 2. The van der Waals surface area contributed by atoms with Crippen LogP contribution in [0.2, 0.25) is 0 Å². The second kappa shape index (κ2) is 10.5. The number of halogens is 1. The van der Waals surface area contributed by atoms with Crippen LogP contribution in [0.25, 0.3) is 10.9 Å². The molecular formula is C20H25IN4S. The Morgan fingerprint density at radius 1 is 1.08 bits per heavy atom. The minimum atomic E-state index is 0. The van der Waals surface area contributed by atoms with Gasteiger partial charge in [-0.1, -0.05) is 30.3 Å². The summed E-state index contributed by atoms with van der Waals surface area (Å²) >= 11 is 1.76. The Kier molecular flexibility index (Phi) is 8.31. The first-order valence-electron chi connectivity index (χ1n) is 8.42. The minimum Gasteiger partial charge on any atom is -0.361 e. The van der Waals surface area contributed by atoms with E-state index in [1.165, 1.54) is 26.9 Å².